The van der Waals surface area contributed by atoms with Crippen molar-refractivity contribution in [2.45, 2.75) is 0 Å². The lowest BCUT2D eigenvalue weighted by molar-refractivity contribution is -0.108. The number of allylic oxidation sites excluding steroid dienone is 1. The van der Waals surface area contributed by atoms with Crippen LogP contribution in [0.2, 0.25) is 0 Å². The Kier molecular flexibility index (Phi) is 6.51. The molecule has 29 heavy (non-hydrogen) atoms. The molecule has 2 aromatic carbocycles. The van der Waals surface area contributed by atoms with E-state index in [2.05, 4.69) is 5.32 Å². The van der Waals surface area contributed by atoms with Crippen LogP contribution in [0, 0.1) is 5.41 Å². The summed E-state index contributed by atoms with van der Waals surface area (Å²) in [7, 11) is 4.80. The zero-order chi connectivity index (χ0) is 21.7. The number of nitrogens with two attached hydrogens (primary N) is 2. The van der Waals surface area contributed by atoms with Crippen molar-refractivity contribution < 1.29 is 14.4 Å². The van der Waals surface area contributed by atoms with Crippen LogP contribution in [0.5, 0.6) is 0 Å². The van der Waals surface area contributed by atoms with Gasteiger partial charge in [0.15, 0.2) is 0 Å². The van der Waals surface area contributed by atoms with Crippen LogP contribution < -0.4 is 16.8 Å². The molecule has 0 aromatic heterocycles. The molecule has 6 N–H and O–H groups in total. The SMILES string of the molecule is CNC(=O)c1ccc(C(=N)C(=O)/C=C(\N)c2ccc(C(=O)N(C)C)cc2)c(N)c1. The summed E-state index contributed by atoms with van der Waals surface area (Å²) in [5, 5.41) is 10.6. The van der Waals surface area contributed by atoms with Gasteiger partial charge in [0.25, 0.3) is 11.8 Å². The number of rotatable bonds is 6. The van der Waals surface area contributed by atoms with Gasteiger partial charge in [0.1, 0.15) is 5.71 Å². The Bertz CT molecular complexity index is 1010. The van der Waals surface area contributed by atoms with Crippen LogP contribution in [0.25, 0.3) is 5.70 Å². The second-order valence-corrected chi connectivity index (χ2v) is 6.50. The number of anilines is 1. The van der Waals surface area contributed by atoms with Gasteiger partial charge in [0, 0.05) is 55.3 Å². The number of amides is 2. The molecular formula is C21H23N5O3. The third-order valence-electron chi connectivity index (χ3n) is 4.21. The van der Waals surface area contributed by atoms with Crippen molar-refractivity contribution in [2.75, 3.05) is 26.9 Å². The molecule has 0 atom stereocenters. The smallest absolute Gasteiger partial charge is 0.253 e. The van der Waals surface area contributed by atoms with E-state index in [0.29, 0.717) is 16.7 Å². The summed E-state index contributed by atoms with van der Waals surface area (Å²) < 4.78 is 0. The third kappa shape index (κ3) is 4.86. The molecule has 0 heterocycles. The van der Waals surface area contributed by atoms with Crippen molar-refractivity contribution in [3.8, 4) is 0 Å². The Balaban J connectivity index is 2.21. The van der Waals surface area contributed by atoms with Gasteiger partial charge in [-0.1, -0.05) is 12.1 Å². The van der Waals surface area contributed by atoms with Gasteiger partial charge in [-0.2, -0.15) is 0 Å². The maximum atomic E-state index is 12.4. The van der Waals surface area contributed by atoms with Crippen LogP contribution >= 0.6 is 0 Å². The molecule has 0 bridgehead atoms. The van der Waals surface area contributed by atoms with Gasteiger partial charge in [-0.25, -0.2) is 0 Å². The van der Waals surface area contributed by atoms with Gasteiger partial charge in [-0.05, 0) is 35.9 Å². The van der Waals surface area contributed by atoms with Crippen molar-refractivity contribution in [1.82, 2.24) is 10.2 Å². The second kappa shape index (κ2) is 8.83. The van der Waals surface area contributed by atoms with E-state index in [-0.39, 0.29) is 34.5 Å². The maximum Gasteiger partial charge on any atom is 0.253 e. The number of nitrogen functional groups attached to an aromatic ring is 1. The fourth-order valence-electron chi connectivity index (χ4n) is 2.57. The zero-order valence-corrected chi connectivity index (χ0v) is 16.4. The van der Waals surface area contributed by atoms with Gasteiger partial charge in [0.2, 0.25) is 5.78 Å². The average molecular weight is 393 g/mol. The van der Waals surface area contributed by atoms with E-state index in [4.69, 9.17) is 16.9 Å². The van der Waals surface area contributed by atoms with Crippen LogP contribution in [-0.4, -0.2) is 49.4 Å². The monoisotopic (exact) mass is 393 g/mol. The lowest BCUT2D eigenvalue weighted by atomic mass is 10.0. The van der Waals surface area contributed by atoms with Gasteiger partial charge in [0.05, 0.1) is 0 Å². The first kappa shape index (κ1) is 21.4. The molecule has 0 aliphatic heterocycles. The highest BCUT2D eigenvalue weighted by Gasteiger charge is 2.16. The van der Waals surface area contributed by atoms with Crippen molar-refractivity contribution in [1.29, 1.82) is 5.41 Å². The van der Waals surface area contributed by atoms with E-state index >= 15 is 0 Å². The fourth-order valence-corrected chi connectivity index (χ4v) is 2.57. The standard InChI is InChI=1S/C21H23N5O3/c1-25-20(28)14-8-9-15(17(23)10-14)19(24)18(27)11-16(22)12-4-6-13(7-5-12)21(29)26(2)3/h4-11,24H,22-23H2,1-3H3,(H,25,28)/b16-11-,24-19?. The number of hydrogen-bond acceptors (Lipinski definition) is 6. The Morgan fingerprint density at radius 3 is 2.07 bits per heavy atom. The molecule has 0 fully saturated rings. The van der Waals surface area contributed by atoms with Gasteiger partial charge in [-0.3, -0.25) is 19.8 Å². The molecule has 8 nitrogen and oxygen atoms in total. The summed E-state index contributed by atoms with van der Waals surface area (Å²) in [4.78, 5) is 37.5. The fraction of sp³-hybridized carbons (Fsp3) is 0.143. The normalized spacial score (nSPS) is 10.9. The number of carbonyl (C=O) groups is 3. The maximum absolute atomic E-state index is 12.4. The van der Waals surface area contributed by atoms with Crippen molar-refractivity contribution in [2.24, 2.45) is 5.73 Å². The van der Waals surface area contributed by atoms with E-state index in [1.807, 2.05) is 0 Å². The van der Waals surface area contributed by atoms with Crippen molar-refractivity contribution in [3.05, 3.63) is 70.8 Å². The minimum atomic E-state index is -0.629. The van der Waals surface area contributed by atoms with Gasteiger partial charge in [-0.15, -0.1) is 0 Å². The minimum absolute atomic E-state index is 0.142. The molecule has 0 radical (unpaired) electrons. The number of benzene rings is 2. The first-order valence-corrected chi connectivity index (χ1v) is 8.69. The van der Waals surface area contributed by atoms with Crippen molar-refractivity contribution in [3.63, 3.8) is 0 Å². The minimum Gasteiger partial charge on any atom is -0.398 e. The molecule has 0 unspecified atom stereocenters. The molecule has 0 saturated heterocycles. The topological polar surface area (TPSA) is 142 Å². The first-order valence-electron chi connectivity index (χ1n) is 8.69. The van der Waals surface area contributed by atoms with Crippen LogP contribution in [-0.2, 0) is 4.79 Å². The molecule has 0 aliphatic rings. The number of ketones is 1. The third-order valence-corrected chi connectivity index (χ3v) is 4.21. The predicted octanol–water partition coefficient (Wildman–Crippen LogP) is 1.27. The molecule has 8 heteroatoms. The van der Waals surface area contributed by atoms with E-state index < -0.39 is 5.78 Å². The Morgan fingerprint density at radius 2 is 1.55 bits per heavy atom. The lowest BCUT2D eigenvalue weighted by Crippen LogP contribution is -2.21. The highest BCUT2D eigenvalue weighted by atomic mass is 16.2. The quantitative estimate of drug-likeness (QED) is 0.332. The van der Waals surface area contributed by atoms with Crippen LogP contribution in [0.15, 0.2) is 48.5 Å². The Hall–Kier alpha value is -3.94. The van der Waals surface area contributed by atoms with E-state index in [1.165, 1.54) is 30.1 Å². The molecular weight excluding hydrogens is 370 g/mol. The number of nitrogens with one attached hydrogen (secondary N) is 2. The van der Waals surface area contributed by atoms with Crippen LogP contribution in [0.3, 0.4) is 0 Å². The zero-order valence-electron chi connectivity index (χ0n) is 16.4. The van der Waals surface area contributed by atoms with Crippen molar-refractivity contribution >= 4 is 34.7 Å². The summed E-state index contributed by atoms with van der Waals surface area (Å²) in [5.41, 5.74) is 13.4. The summed E-state index contributed by atoms with van der Waals surface area (Å²) in [6.07, 6.45) is 1.14. The molecule has 0 saturated carbocycles. The molecule has 0 spiro atoms. The summed E-state index contributed by atoms with van der Waals surface area (Å²) in [5.74, 6) is -1.09. The van der Waals surface area contributed by atoms with Gasteiger partial charge >= 0.3 is 0 Å². The largest absolute Gasteiger partial charge is 0.398 e. The summed E-state index contributed by atoms with van der Waals surface area (Å²) in [6.45, 7) is 0. The first-order chi connectivity index (χ1) is 13.6. The number of hydrogen-bond donors (Lipinski definition) is 4. The highest BCUT2D eigenvalue weighted by Crippen LogP contribution is 2.17. The lowest BCUT2D eigenvalue weighted by Gasteiger charge is -2.11. The molecule has 2 rings (SSSR count). The Morgan fingerprint density at radius 1 is 1.00 bits per heavy atom. The molecule has 0 aliphatic carbocycles. The average Bonchev–Trinajstić information content (AvgIpc) is 2.71. The predicted molar refractivity (Wildman–Crippen MR) is 113 cm³/mol. The number of nitrogens with zero attached hydrogens (tertiary/aromatic N) is 1. The summed E-state index contributed by atoms with van der Waals surface area (Å²) in [6, 6.07) is 10.8. The van der Waals surface area contributed by atoms with Gasteiger partial charge < -0.3 is 21.7 Å². The molecule has 2 amide bonds. The van der Waals surface area contributed by atoms with Crippen LogP contribution in [0.1, 0.15) is 31.8 Å². The van der Waals surface area contributed by atoms with E-state index in [1.54, 1.807) is 38.4 Å². The summed E-state index contributed by atoms with van der Waals surface area (Å²) >= 11 is 0. The molecule has 2 aromatic rings. The Labute approximate surface area is 168 Å². The number of carbonyl (C=O) groups excluding carboxylic acids is 3. The highest BCUT2D eigenvalue weighted by molar-refractivity contribution is 6.50. The molecule has 150 valence electrons. The van der Waals surface area contributed by atoms with E-state index in [9.17, 15) is 14.4 Å². The van der Waals surface area contributed by atoms with E-state index in [0.717, 1.165) is 6.08 Å². The van der Waals surface area contributed by atoms with Crippen LogP contribution in [0.4, 0.5) is 5.69 Å². The second-order valence-electron chi connectivity index (χ2n) is 6.50.